The lowest BCUT2D eigenvalue weighted by molar-refractivity contribution is -0.172. The van der Waals surface area contributed by atoms with Crippen LogP contribution in [0.3, 0.4) is 0 Å². The lowest BCUT2D eigenvalue weighted by Gasteiger charge is -2.19. The van der Waals surface area contributed by atoms with E-state index in [9.17, 15) is 4.79 Å². The SMILES string of the molecule is CC(=CC1CCCCC1)C(=O)ON(C)C. The molecule has 86 valence electrons. The van der Waals surface area contributed by atoms with Crippen molar-refractivity contribution in [2.24, 2.45) is 5.92 Å². The fourth-order valence-electron chi connectivity index (χ4n) is 1.96. The molecule has 0 aliphatic heterocycles. The first-order valence-corrected chi connectivity index (χ1v) is 5.67. The molecule has 0 atom stereocenters. The highest BCUT2D eigenvalue weighted by molar-refractivity contribution is 5.87. The summed E-state index contributed by atoms with van der Waals surface area (Å²) in [5.41, 5.74) is 0.732. The Kier molecular flexibility index (Phi) is 4.82. The second-order valence-corrected chi connectivity index (χ2v) is 4.44. The van der Waals surface area contributed by atoms with Crippen molar-refractivity contribution < 1.29 is 9.63 Å². The minimum absolute atomic E-state index is 0.231. The van der Waals surface area contributed by atoms with Crippen LogP contribution in [-0.4, -0.2) is 25.1 Å². The summed E-state index contributed by atoms with van der Waals surface area (Å²) in [6, 6.07) is 0. The Labute approximate surface area is 92.0 Å². The molecule has 0 aromatic carbocycles. The fourth-order valence-corrected chi connectivity index (χ4v) is 1.96. The zero-order chi connectivity index (χ0) is 11.3. The van der Waals surface area contributed by atoms with E-state index in [1.807, 2.05) is 6.92 Å². The second-order valence-electron chi connectivity index (χ2n) is 4.44. The Bertz CT molecular complexity index is 240. The zero-order valence-electron chi connectivity index (χ0n) is 9.95. The average Bonchev–Trinajstić information content (AvgIpc) is 2.18. The molecule has 0 aromatic heterocycles. The van der Waals surface area contributed by atoms with Crippen LogP contribution >= 0.6 is 0 Å². The van der Waals surface area contributed by atoms with Gasteiger partial charge in [0, 0.05) is 19.7 Å². The molecule has 0 saturated heterocycles. The van der Waals surface area contributed by atoms with Crippen molar-refractivity contribution in [3.8, 4) is 0 Å². The maximum absolute atomic E-state index is 11.5. The first-order chi connectivity index (χ1) is 7.09. The van der Waals surface area contributed by atoms with E-state index < -0.39 is 0 Å². The fraction of sp³-hybridized carbons (Fsp3) is 0.750. The number of carbonyl (C=O) groups is 1. The molecule has 3 heteroatoms. The minimum atomic E-state index is -0.231. The summed E-state index contributed by atoms with van der Waals surface area (Å²) < 4.78 is 0. The highest BCUT2D eigenvalue weighted by Crippen LogP contribution is 2.25. The lowest BCUT2D eigenvalue weighted by Crippen LogP contribution is -2.19. The van der Waals surface area contributed by atoms with Crippen LogP contribution in [0.5, 0.6) is 0 Å². The summed E-state index contributed by atoms with van der Waals surface area (Å²) in [6.07, 6.45) is 8.42. The van der Waals surface area contributed by atoms with Crippen molar-refractivity contribution in [3.63, 3.8) is 0 Å². The van der Waals surface area contributed by atoms with E-state index in [0.717, 1.165) is 5.57 Å². The number of carbonyl (C=O) groups excluding carboxylic acids is 1. The quantitative estimate of drug-likeness (QED) is 0.530. The molecule has 3 nitrogen and oxygen atoms in total. The van der Waals surface area contributed by atoms with Crippen molar-refractivity contribution in [3.05, 3.63) is 11.6 Å². The molecule has 0 N–H and O–H groups in total. The Morgan fingerprint density at radius 3 is 2.40 bits per heavy atom. The largest absolute Gasteiger partial charge is 0.365 e. The second kappa shape index (κ2) is 5.91. The summed E-state index contributed by atoms with van der Waals surface area (Å²) in [6.45, 7) is 1.83. The highest BCUT2D eigenvalue weighted by atomic mass is 16.7. The van der Waals surface area contributed by atoms with Gasteiger partial charge in [-0.05, 0) is 25.7 Å². The summed E-state index contributed by atoms with van der Waals surface area (Å²) in [5, 5.41) is 1.43. The van der Waals surface area contributed by atoms with E-state index in [2.05, 4.69) is 6.08 Å². The molecule has 0 unspecified atom stereocenters. The van der Waals surface area contributed by atoms with Crippen LogP contribution in [-0.2, 0) is 9.63 Å². The van der Waals surface area contributed by atoms with E-state index in [1.54, 1.807) is 14.1 Å². The summed E-state index contributed by atoms with van der Waals surface area (Å²) >= 11 is 0. The molecule has 0 amide bonds. The molecule has 0 heterocycles. The molecule has 1 saturated carbocycles. The number of rotatable bonds is 3. The van der Waals surface area contributed by atoms with Gasteiger partial charge in [0.05, 0.1) is 0 Å². The molecule has 1 aliphatic carbocycles. The smallest absolute Gasteiger partial charge is 0.352 e. The van der Waals surface area contributed by atoms with Crippen LogP contribution < -0.4 is 0 Å². The third-order valence-corrected chi connectivity index (χ3v) is 2.72. The summed E-state index contributed by atoms with van der Waals surface area (Å²) in [7, 11) is 3.43. The Hall–Kier alpha value is -0.830. The zero-order valence-corrected chi connectivity index (χ0v) is 9.95. The molecule has 0 bridgehead atoms. The number of allylic oxidation sites excluding steroid dienone is 1. The molecule has 1 aliphatic rings. The molecular formula is C12H21NO2. The van der Waals surface area contributed by atoms with Crippen molar-refractivity contribution in [1.82, 2.24) is 5.06 Å². The number of hydrogen-bond acceptors (Lipinski definition) is 3. The van der Waals surface area contributed by atoms with E-state index in [0.29, 0.717) is 5.92 Å². The summed E-state index contributed by atoms with van der Waals surface area (Å²) in [5.74, 6) is 0.346. The lowest BCUT2D eigenvalue weighted by atomic mass is 9.88. The molecule has 1 fully saturated rings. The van der Waals surface area contributed by atoms with Gasteiger partial charge in [0.25, 0.3) is 0 Å². The van der Waals surface area contributed by atoms with Crippen molar-refractivity contribution in [2.45, 2.75) is 39.0 Å². The van der Waals surface area contributed by atoms with E-state index in [-0.39, 0.29) is 5.97 Å². The molecule has 0 radical (unpaired) electrons. The highest BCUT2D eigenvalue weighted by Gasteiger charge is 2.14. The molecular weight excluding hydrogens is 190 g/mol. The van der Waals surface area contributed by atoms with Gasteiger partial charge < -0.3 is 4.84 Å². The third-order valence-electron chi connectivity index (χ3n) is 2.72. The first kappa shape index (κ1) is 12.2. The van der Waals surface area contributed by atoms with Crippen molar-refractivity contribution in [2.75, 3.05) is 14.1 Å². The molecule has 0 aromatic rings. The average molecular weight is 211 g/mol. The van der Waals surface area contributed by atoms with E-state index >= 15 is 0 Å². The standard InChI is InChI=1S/C12H21NO2/c1-10(12(14)15-13(2)3)9-11-7-5-4-6-8-11/h9,11H,4-8H2,1-3H3. The van der Waals surface area contributed by atoms with Gasteiger partial charge in [-0.25, -0.2) is 4.79 Å². The monoisotopic (exact) mass is 211 g/mol. The van der Waals surface area contributed by atoms with E-state index in [1.165, 1.54) is 37.2 Å². The predicted molar refractivity (Wildman–Crippen MR) is 60.1 cm³/mol. The van der Waals surface area contributed by atoms with Gasteiger partial charge in [0.2, 0.25) is 0 Å². The maximum atomic E-state index is 11.5. The van der Waals surface area contributed by atoms with Gasteiger partial charge in [-0.2, -0.15) is 0 Å². The Morgan fingerprint density at radius 1 is 1.27 bits per heavy atom. The van der Waals surface area contributed by atoms with Crippen LogP contribution in [0.25, 0.3) is 0 Å². The van der Waals surface area contributed by atoms with Gasteiger partial charge in [0.1, 0.15) is 0 Å². The van der Waals surface area contributed by atoms with Crippen LogP contribution in [0.15, 0.2) is 11.6 Å². The van der Waals surface area contributed by atoms with Crippen LogP contribution in [0.4, 0.5) is 0 Å². The third kappa shape index (κ3) is 4.47. The van der Waals surface area contributed by atoms with Gasteiger partial charge >= 0.3 is 5.97 Å². The number of hydrogen-bond donors (Lipinski definition) is 0. The topological polar surface area (TPSA) is 29.5 Å². The van der Waals surface area contributed by atoms with Crippen molar-refractivity contribution in [1.29, 1.82) is 0 Å². The maximum Gasteiger partial charge on any atom is 0.352 e. The van der Waals surface area contributed by atoms with E-state index in [4.69, 9.17) is 4.84 Å². The van der Waals surface area contributed by atoms with Gasteiger partial charge in [-0.1, -0.05) is 25.3 Å². The minimum Gasteiger partial charge on any atom is -0.365 e. The van der Waals surface area contributed by atoms with Gasteiger partial charge in [-0.3, -0.25) is 0 Å². The molecule has 0 spiro atoms. The molecule has 1 rings (SSSR count). The molecule has 15 heavy (non-hydrogen) atoms. The number of hydroxylamine groups is 2. The summed E-state index contributed by atoms with van der Waals surface area (Å²) in [4.78, 5) is 16.5. The first-order valence-electron chi connectivity index (χ1n) is 5.67. The van der Waals surface area contributed by atoms with Crippen LogP contribution in [0, 0.1) is 5.92 Å². The normalized spacial score (nSPS) is 19.3. The van der Waals surface area contributed by atoms with Crippen LogP contribution in [0.2, 0.25) is 0 Å². The number of nitrogens with zero attached hydrogens (tertiary/aromatic N) is 1. The Balaban J connectivity index is 2.46. The van der Waals surface area contributed by atoms with Gasteiger partial charge in [-0.15, -0.1) is 5.06 Å². The van der Waals surface area contributed by atoms with Crippen LogP contribution in [0.1, 0.15) is 39.0 Å². The van der Waals surface area contributed by atoms with Gasteiger partial charge in [0.15, 0.2) is 0 Å². The Morgan fingerprint density at radius 2 is 1.87 bits per heavy atom. The van der Waals surface area contributed by atoms with Crippen molar-refractivity contribution >= 4 is 5.97 Å². The predicted octanol–water partition coefficient (Wildman–Crippen LogP) is 2.53.